The van der Waals surface area contributed by atoms with Crippen molar-refractivity contribution in [1.82, 2.24) is 4.98 Å². The highest BCUT2D eigenvalue weighted by atomic mass is 35.5. The van der Waals surface area contributed by atoms with Gasteiger partial charge in [-0.2, -0.15) is 0 Å². The Bertz CT molecular complexity index is 853. The highest BCUT2D eigenvalue weighted by molar-refractivity contribution is 8.01. The van der Waals surface area contributed by atoms with Crippen molar-refractivity contribution < 1.29 is 14.7 Å². The summed E-state index contributed by atoms with van der Waals surface area (Å²) in [6, 6.07) is 5.40. The first-order valence-corrected chi connectivity index (χ1v) is 11.3. The molecule has 1 fully saturated rings. The molecule has 6 nitrogen and oxygen atoms in total. The van der Waals surface area contributed by atoms with Gasteiger partial charge in [-0.3, -0.25) is 15.0 Å². The van der Waals surface area contributed by atoms with E-state index in [-0.39, 0.29) is 11.8 Å². The van der Waals surface area contributed by atoms with E-state index in [1.54, 1.807) is 11.1 Å². The van der Waals surface area contributed by atoms with Gasteiger partial charge in [0.15, 0.2) is 5.13 Å². The third-order valence-corrected chi connectivity index (χ3v) is 6.99. The SMILES string of the molecule is Cc1ccc(N(CC2CCCC2)C(=O)Nc2ncc(SCC(=O)O)s2)c(Cl)c1. The van der Waals surface area contributed by atoms with Gasteiger partial charge in [0, 0.05) is 6.54 Å². The molecule has 1 aromatic heterocycles. The summed E-state index contributed by atoms with van der Waals surface area (Å²) in [4.78, 5) is 29.6. The molecule has 0 atom stereocenters. The second-order valence-corrected chi connectivity index (χ2v) is 9.53. The number of anilines is 2. The summed E-state index contributed by atoms with van der Waals surface area (Å²) in [6.07, 6.45) is 6.19. The number of hydrogen-bond donors (Lipinski definition) is 2. The van der Waals surface area contributed by atoms with Crippen LogP contribution in [0, 0.1) is 12.8 Å². The monoisotopic (exact) mass is 439 g/mol. The number of aliphatic carboxylic acids is 1. The quantitative estimate of drug-likeness (QED) is 0.555. The van der Waals surface area contributed by atoms with Crippen molar-refractivity contribution in [3.63, 3.8) is 0 Å². The molecule has 0 saturated heterocycles. The Kier molecular flexibility index (Phi) is 7.20. The number of thiazole rings is 1. The fourth-order valence-corrected chi connectivity index (χ4v) is 5.17. The van der Waals surface area contributed by atoms with Gasteiger partial charge in [-0.1, -0.05) is 41.8 Å². The van der Waals surface area contributed by atoms with Gasteiger partial charge in [-0.25, -0.2) is 9.78 Å². The van der Waals surface area contributed by atoms with Gasteiger partial charge in [0.05, 0.1) is 26.9 Å². The van der Waals surface area contributed by atoms with E-state index in [9.17, 15) is 9.59 Å². The molecular formula is C19H22ClN3O3S2. The molecular weight excluding hydrogens is 418 g/mol. The number of amides is 2. The molecule has 2 amide bonds. The average molecular weight is 440 g/mol. The fraction of sp³-hybridized carbons (Fsp3) is 0.421. The zero-order valence-corrected chi connectivity index (χ0v) is 17.9. The molecule has 3 rings (SSSR count). The second-order valence-electron chi connectivity index (χ2n) is 6.81. The highest BCUT2D eigenvalue weighted by Crippen LogP contribution is 2.33. The summed E-state index contributed by atoms with van der Waals surface area (Å²) in [5.41, 5.74) is 1.73. The predicted molar refractivity (Wildman–Crippen MR) is 115 cm³/mol. The minimum atomic E-state index is -0.888. The maximum atomic E-state index is 13.0. The first kappa shape index (κ1) is 21.0. The van der Waals surface area contributed by atoms with Gasteiger partial charge in [-0.05, 0) is 43.4 Å². The van der Waals surface area contributed by atoms with E-state index < -0.39 is 5.97 Å². The van der Waals surface area contributed by atoms with Crippen molar-refractivity contribution in [2.24, 2.45) is 5.92 Å². The molecule has 0 radical (unpaired) electrons. The van der Waals surface area contributed by atoms with Crippen LogP contribution in [0.15, 0.2) is 28.6 Å². The molecule has 1 saturated carbocycles. The largest absolute Gasteiger partial charge is 0.481 e. The molecule has 1 aliphatic carbocycles. The number of halogens is 1. The number of carboxylic acid groups (broad SMARTS) is 1. The van der Waals surface area contributed by atoms with Crippen molar-refractivity contribution in [1.29, 1.82) is 0 Å². The van der Waals surface area contributed by atoms with Crippen LogP contribution >= 0.6 is 34.7 Å². The number of aromatic nitrogens is 1. The van der Waals surface area contributed by atoms with Crippen LogP contribution in [-0.4, -0.2) is 34.4 Å². The first-order valence-electron chi connectivity index (χ1n) is 9.07. The molecule has 2 aromatic rings. The number of nitrogens with zero attached hydrogens (tertiary/aromatic N) is 2. The molecule has 0 bridgehead atoms. The van der Waals surface area contributed by atoms with E-state index in [4.69, 9.17) is 16.7 Å². The molecule has 0 spiro atoms. The lowest BCUT2D eigenvalue weighted by Crippen LogP contribution is -2.38. The number of benzene rings is 1. The Hall–Kier alpha value is -1.77. The van der Waals surface area contributed by atoms with Crippen molar-refractivity contribution >= 4 is 57.5 Å². The van der Waals surface area contributed by atoms with E-state index in [1.165, 1.54) is 35.9 Å². The van der Waals surface area contributed by atoms with Gasteiger partial charge in [0.2, 0.25) is 0 Å². The second kappa shape index (κ2) is 9.62. The number of carboxylic acids is 1. The summed E-state index contributed by atoms with van der Waals surface area (Å²) >= 11 is 8.88. The lowest BCUT2D eigenvalue weighted by Gasteiger charge is -2.26. The number of hydrogen-bond acceptors (Lipinski definition) is 5. The van der Waals surface area contributed by atoms with Gasteiger partial charge < -0.3 is 5.11 Å². The minimum Gasteiger partial charge on any atom is -0.481 e. The van der Waals surface area contributed by atoms with Crippen molar-refractivity contribution in [2.45, 2.75) is 36.8 Å². The van der Waals surface area contributed by atoms with Crippen molar-refractivity contribution in [2.75, 3.05) is 22.5 Å². The van der Waals surface area contributed by atoms with Crippen LogP contribution in [0.25, 0.3) is 0 Å². The van der Waals surface area contributed by atoms with Gasteiger partial charge in [0.25, 0.3) is 0 Å². The van der Waals surface area contributed by atoms with Crippen molar-refractivity contribution in [3.05, 3.63) is 35.0 Å². The average Bonchev–Trinajstić information content (AvgIpc) is 3.30. The van der Waals surface area contributed by atoms with Gasteiger partial charge >= 0.3 is 12.0 Å². The molecule has 9 heteroatoms. The summed E-state index contributed by atoms with van der Waals surface area (Å²) in [6.45, 7) is 2.57. The Labute approximate surface area is 177 Å². The van der Waals surface area contributed by atoms with Gasteiger partial charge in [-0.15, -0.1) is 11.8 Å². The molecule has 1 aliphatic rings. The van der Waals surface area contributed by atoms with Crippen LogP contribution in [0.3, 0.4) is 0 Å². The summed E-state index contributed by atoms with van der Waals surface area (Å²) in [7, 11) is 0. The third-order valence-electron chi connectivity index (χ3n) is 4.59. The summed E-state index contributed by atoms with van der Waals surface area (Å²) in [5.74, 6) is -0.468. The summed E-state index contributed by atoms with van der Waals surface area (Å²) < 4.78 is 0.744. The van der Waals surface area contributed by atoms with Crippen LogP contribution in [0.2, 0.25) is 5.02 Å². The molecule has 1 heterocycles. The molecule has 2 N–H and O–H groups in total. The van der Waals surface area contributed by atoms with E-state index in [0.717, 1.165) is 22.6 Å². The smallest absolute Gasteiger partial charge is 0.328 e. The van der Waals surface area contributed by atoms with Crippen LogP contribution in [0.4, 0.5) is 15.6 Å². The number of urea groups is 1. The lowest BCUT2D eigenvalue weighted by molar-refractivity contribution is -0.133. The molecule has 28 heavy (non-hydrogen) atoms. The summed E-state index contributed by atoms with van der Waals surface area (Å²) in [5, 5.41) is 12.6. The topological polar surface area (TPSA) is 82.5 Å². The number of thioether (sulfide) groups is 1. The van der Waals surface area contributed by atoms with Crippen LogP contribution in [0.5, 0.6) is 0 Å². The number of carbonyl (C=O) groups excluding carboxylic acids is 1. The molecule has 0 unspecified atom stereocenters. The van der Waals surface area contributed by atoms with Gasteiger partial charge in [0.1, 0.15) is 0 Å². The number of carbonyl (C=O) groups is 2. The maximum Gasteiger partial charge on any atom is 0.328 e. The zero-order chi connectivity index (χ0) is 20.1. The maximum absolute atomic E-state index is 13.0. The van der Waals surface area contributed by atoms with E-state index >= 15 is 0 Å². The normalized spacial score (nSPS) is 14.2. The number of aryl methyl sites for hydroxylation is 1. The van der Waals surface area contributed by atoms with E-state index in [2.05, 4.69) is 10.3 Å². The zero-order valence-electron chi connectivity index (χ0n) is 15.5. The van der Waals surface area contributed by atoms with E-state index in [0.29, 0.717) is 28.3 Å². The fourth-order valence-electron chi connectivity index (χ4n) is 3.25. The molecule has 1 aromatic carbocycles. The first-order chi connectivity index (χ1) is 13.4. The predicted octanol–water partition coefficient (Wildman–Crippen LogP) is 5.51. The highest BCUT2D eigenvalue weighted by Gasteiger charge is 2.25. The van der Waals surface area contributed by atoms with Crippen LogP contribution in [0.1, 0.15) is 31.2 Å². The van der Waals surface area contributed by atoms with Crippen LogP contribution < -0.4 is 10.2 Å². The Morgan fingerprint density at radius 1 is 1.39 bits per heavy atom. The number of rotatable bonds is 7. The Morgan fingerprint density at radius 2 is 2.14 bits per heavy atom. The minimum absolute atomic E-state index is 0.0393. The molecule has 150 valence electrons. The Morgan fingerprint density at radius 3 is 2.82 bits per heavy atom. The Balaban J connectivity index is 1.75. The molecule has 0 aliphatic heterocycles. The van der Waals surface area contributed by atoms with Crippen molar-refractivity contribution in [3.8, 4) is 0 Å². The standard InChI is InChI=1S/C19H22ClN3O3S2/c1-12-6-7-15(14(20)8-12)23(10-13-4-2-3-5-13)19(26)22-18-21-9-17(28-18)27-11-16(24)25/h6-9,13H,2-5,10-11H2,1H3,(H,24,25)(H,21,22,26). The number of nitrogens with one attached hydrogen (secondary N) is 1. The van der Waals surface area contributed by atoms with Crippen LogP contribution in [-0.2, 0) is 4.79 Å². The lowest BCUT2D eigenvalue weighted by atomic mass is 10.1. The van der Waals surface area contributed by atoms with E-state index in [1.807, 2.05) is 25.1 Å². The third kappa shape index (κ3) is 5.62.